The van der Waals surface area contributed by atoms with E-state index in [0.29, 0.717) is 0 Å². The summed E-state index contributed by atoms with van der Waals surface area (Å²) in [4.78, 5) is 9.67. The van der Waals surface area contributed by atoms with Crippen molar-refractivity contribution in [1.82, 2.24) is 30.1 Å². The van der Waals surface area contributed by atoms with Gasteiger partial charge in [-0.1, -0.05) is 23.5 Å². The second-order valence-corrected chi connectivity index (χ2v) is 10.6. The maximum absolute atomic E-state index is 5.80. The maximum Gasteiger partial charge on any atom is 0.186 e. The van der Waals surface area contributed by atoms with Gasteiger partial charge < -0.3 is 14.4 Å². The van der Waals surface area contributed by atoms with Crippen LogP contribution in [0.4, 0.5) is 5.13 Å². The molecular formula is C25H31N7O2S. The summed E-state index contributed by atoms with van der Waals surface area (Å²) in [5.74, 6) is 2.31. The zero-order chi connectivity index (χ0) is 24.6. The number of rotatable bonds is 6. The number of tetrazole rings is 1. The number of anilines is 1. The highest BCUT2D eigenvalue weighted by molar-refractivity contribution is 7.22. The van der Waals surface area contributed by atoms with E-state index in [1.165, 1.54) is 4.70 Å². The van der Waals surface area contributed by atoms with Gasteiger partial charge in [-0.15, -0.1) is 5.10 Å². The van der Waals surface area contributed by atoms with Crippen molar-refractivity contribution in [2.45, 2.75) is 32.4 Å². The van der Waals surface area contributed by atoms with Gasteiger partial charge in [0.25, 0.3) is 0 Å². The van der Waals surface area contributed by atoms with Crippen molar-refractivity contribution in [3.05, 3.63) is 53.9 Å². The monoisotopic (exact) mass is 493 g/mol. The van der Waals surface area contributed by atoms with E-state index in [0.717, 1.165) is 59.7 Å². The third-order valence-corrected chi connectivity index (χ3v) is 7.44. The molecule has 184 valence electrons. The third-order valence-electron chi connectivity index (χ3n) is 6.34. The van der Waals surface area contributed by atoms with E-state index in [1.807, 2.05) is 22.9 Å². The van der Waals surface area contributed by atoms with Gasteiger partial charge in [-0.25, -0.2) is 9.67 Å². The minimum Gasteiger partial charge on any atom is -0.497 e. The predicted octanol–water partition coefficient (Wildman–Crippen LogP) is 3.97. The van der Waals surface area contributed by atoms with E-state index >= 15 is 0 Å². The van der Waals surface area contributed by atoms with Crippen molar-refractivity contribution in [2.75, 3.05) is 45.3 Å². The largest absolute Gasteiger partial charge is 0.497 e. The number of para-hydroxylation sites is 1. The topological polar surface area (TPSA) is 81.4 Å². The Balaban J connectivity index is 1.48. The number of fused-ring (bicyclic) bond motifs is 1. The molecule has 1 aliphatic heterocycles. The molecule has 0 saturated carbocycles. The van der Waals surface area contributed by atoms with Crippen molar-refractivity contribution in [1.29, 1.82) is 0 Å². The highest BCUT2D eigenvalue weighted by Crippen LogP contribution is 2.38. The van der Waals surface area contributed by atoms with Crippen LogP contribution in [0, 0.1) is 0 Å². The summed E-state index contributed by atoms with van der Waals surface area (Å²) in [6, 6.07) is 14.1. The van der Waals surface area contributed by atoms with Crippen LogP contribution in [-0.2, 0) is 5.54 Å². The van der Waals surface area contributed by atoms with Gasteiger partial charge in [0.1, 0.15) is 17.5 Å². The van der Waals surface area contributed by atoms with Gasteiger partial charge in [0.15, 0.2) is 11.0 Å². The Kier molecular flexibility index (Phi) is 6.33. The van der Waals surface area contributed by atoms with Gasteiger partial charge >= 0.3 is 0 Å². The van der Waals surface area contributed by atoms with Gasteiger partial charge in [0, 0.05) is 37.8 Å². The first kappa shape index (κ1) is 23.5. The van der Waals surface area contributed by atoms with Crippen LogP contribution in [0.1, 0.15) is 38.2 Å². The number of hydrogen-bond donors (Lipinski definition) is 0. The first-order valence-electron chi connectivity index (χ1n) is 11.7. The molecule has 9 nitrogen and oxygen atoms in total. The molecule has 1 saturated heterocycles. The number of nitrogens with zero attached hydrogens (tertiary/aromatic N) is 7. The Morgan fingerprint density at radius 3 is 2.43 bits per heavy atom. The van der Waals surface area contributed by atoms with Crippen LogP contribution >= 0.6 is 11.3 Å². The van der Waals surface area contributed by atoms with Crippen LogP contribution in [0.25, 0.3) is 10.2 Å². The molecule has 0 aliphatic carbocycles. The van der Waals surface area contributed by atoms with E-state index in [-0.39, 0.29) is 11.6 Å². The minimum atomic E-state index is -0.264. The molecule has 5 rings (SSSR count). The first-order valence-corrected chi connectivity index (χ1v) is 12.6. The fraction of sp³-hybridized carbons (Fsp3) is 0.440. The van der Waals surface area contributed by atoms with Crippen LogP contribution in [-0.4, -0.2) is 70.5 Å². The van der Waals surface area contributed by atoms with Gasteiger partial charge in [0.2, 0.25) is 0 Å². The fourth-order valence-electron chi connectivity index (χ4n) is 4.55. The van der Waals surface area contributed by atoms with Gasteiger partial charge in [-0.3, -0.25) is 4.90 Å². The first-order chi connectivity index (χ1) is 16.9. The molecule has 35 heavy (non-hydrogen) atoms. The van der Waals surface area contributed by atoms with Crippen molar-refractivity contribution in [3.8, 4) is 11.5 Å². The molecule has 1 aliphatic rings. The van der Waals surface area contributed by atoms with Gasteiger partial charge in [-0.05, 0) is 55.5 Å². The van der Waals surface area contributed by atoms with Crippen molar-refractivity contribution in [2.24, 2.45) is 0 Å². The van der Waals surface area contributed by atoms with Crippen LogP contribution in [0.5, 0.6) is 11.5 Å². The smallest absolute Gasteiger partial charge is 0.186 e. The lowest BCUT2D eigenvalue weighted by Crippen LogP contribution is -2.48. The number of hydrogen-bond acceptors (Lipinski definition) is 9. The molecule has 2 aromatic heterocycles. The van der Waals surface area contributed by atoms with E-state index in [4.69, 9.17) is 14.5 Å². The summed E-state index contributed by atoms with van der Waals surface area (Å²) < 4.78 is 14.4. The number of aromatic nitrogens is 5. The predicted molar refractivity (Wildman–Crippen MR) is 138 cm³/mol. The molecule has 2 aromatic carbocycles. The van der Waals surface area contributed by atoms with Crippen molar-refractivity contribution < 1.29 is 9.47 Å². The molecular weight excluding hydrogens is 462 g/mol. The average Bonchev–Trinajstić information content (AvgIpc) is 3.52. The van der Waals surface area contributed by atoms with Crippen LogP contribution in [0.2, 0.25) is 0 Å². The molecule has 10 heteroatoms. The van der Waals surface area contributed by atoms with Crippen LogP contribution < -0.4 is 14.4 Å². The maximum atomic E-state index is 5.80. The zero-order valence-corrected chi connectivity index (χ0v) is 21.6. The summed E-state index contributed by atoms with van der Waals surface area (Å²) in [6.45, 7) is 9.75. The van der Waals surface area contributed by atoms with E-state index < -0.39 is 0 Å². The molecule has 0 bridgehead atoms. The highest BCUT2D eigenvalue weighted by atomic mass is 32.1. The number of methoxy groups -OCH3 is 2. The molecule has 0 spiro atoms. The van der Waals surface area contributed by atoms with Gasteiger partial charge in [-0.2, -0.15) is 0 Å². The summed E-state index contributed by atoms with van der Waals surface area (Å²) in [5.41, 5.74) is 1.81. The van der Waals surface area contributed by atoms with E-state index in [9.17, 15) is 0 Å². The second-order valence-electron chi connectivity index (χ2n) is 9.62. The SMILES string of the molecule is COc1ccc(C(c2nnnn2C(C)(C)C)N2CCN(c3nc4ccccc4s3)CC2)c(OC)c1. The molecule has 4 aromatic rings. The molecule has 1 unspecified atom stereocenters. The van der Waals surface area contributed by atoms with Gasteiger partial charge in [0.05, 0.1) is 30.0 Å². The molecule has 0 amide bonds. The minimum absolute atomic E-state index is 0.164. The highest BCUT2D eigenvalue weighted by Gasteiger charge is 2.35. The molecule has 1 fully saturated rings. The Morgan fingerprint density at radius 1 is 0.971 bits per heavy atom. The summed E-state index contributed by atoms with van der Waals surface area (Å²) in [6.07, 6.45) is 0. The zero-order valence-electron chi connectivity index (χ0n) is 20.8. The third kappa shape index (κ3) is 4.55. The lowest BCUT2D eigenvalue weighted by Gasteiger charge is -2.39. The van der Waals surface area contributed by atoms with Crippen LogP contribution in [0.3, 0.4) is 0 Å². The quantitative estimate of drug-likeness (QED) is 0.399. The number of ether oxygens (including phenoxy) is 2. The molecule has 0 radical (unpaired) electrons. The van der Waals surface area contributed by atoms with Crippen molar-refractivity contribution in [3.63, 3.8) is 0 Å². The fourth-order valence-corrected chi connectivity index (χ4v) is 5.57. The van der Waals surface area contributed by atoms with Crippen LogP contribution in [0.15, 0.2) is 42.5 Å². The standard InChI is InChI=1S/C25H31N7O2S/c1-25(2,3)32-23(27-28-29-32)22(18-11-10-17(33-4)16-20(18)34-5)30-12-14-31(15-13-30)24-26-19-8-6-7-9-21(19)35-24/h6-11,16,22H,12-15H2,1-5H3. The lowest BCUT2D eigenvalue weighted by atomic mass is 10.00. The lowest BCUT2D eigenvalue weighted by molar-refractivity contribution is 0.188. The number of benzene rings is 2. The van der Waals surface area contributed by atoms with E-state index in [2.05, 4.69) is 70.4 Å². The summed E-state index contributed by atoms with van der Waals surface area (Å²) >= 11 is 1.75. The second kappa shape index (κ2) is 9.43. The Bertz CT molecular complexity index is 1270. The average molecular weight is 494 g/mol. The normalized spacial score (nSPS) is 16.0. The molecule has 1 atom stereocenters. The Morgan fingerprint density at radius 2 is 1.74 bits per heavy atom. The molecule has 3 heterocycles. The van der Waals surface area contributed by atoms with E-state index in [1.54, 1.807) is 25.6 Å². The number of piperazine rings is 1. The molecule has 0 N–H and O–H groups in total. The van der Waals surface area contributed by atoms with Crippen molar-refractivity contribution >= 4 is 26.7 Å². The summed E-state index contributed by atoms with van der Waals surface area (Å²) in [5, 5.41) is 14.0. The Labute approximate surface area is 209 Å². The Hall–Kier alpha value is -3.24. The summed E-state index contributed by atoms with van der Waals surface area (Å²) in [7, 11) is 3.35. The number of thiazole rings is 1.